The second-order valence-corrected chi connectivity index (χ2v) is 6.23. The van der Waals surface area contributed by atoms with Gasteiger partial charge >= 0.3 is 6.03 Å². The van der Waals surface area contributed by atoms with Crippen LogP contribution in [0.15, 0.2) is 18.2 Å². The van der Waals surface area contributed by atoms with Gasteiger partial charge in [-0.1, -0.05) is 0 Å². The SMILES string of the molecule is Cc1nn(C)c(C)c1CCN(C)C(=O)Nc1ccc2c(c1)OCCO2. The minimum absolute atomic E-state index is 0.157. The number of carbonyl (C=O) groups is 1. The Morgan fingerprint density at radius 1 is 1.28 bits per heavy atom. The quantitative estimate of drug-likeness (QED) is 0.925. The van der Waals surface area contributed by atoms with Crippen molar-refractivity contribution >= 4 is 11.7 Å². The lowest BCUT2D eigenvalue weighted by atomic mass is 10.1. The van der Waals surface area contributed by atoms with Gasteiger partial charge in [0.1, 0.15) is 13.2 Å². The van der Waals surface area contributed by atoms with Gasteiger partial charge in [-0.2, -0.15) is 5.10 Å². The molecule has 0 spiro atoms. The van der Waals surface area contributed by atoms with Crippen LogP contribution in [-0.4, -0.2) is 47.5 Å². The van der Waals surface area contributed by atoms with Crippen LogP contribution in [0.5, 0.6) is 11.5 Å². The Kier molecular flexibility index (Phi) is 4.83. The molecule has 1 N–H and O–H groups in total. The monoisotopic (exact) mass is 344 g/mol. The Morgan fingerprint density at radius 2 is 2.00 bits per heavy atom. The molecule has 0 fully saturated rings. The van der Waals surface area contributed by atoms with Gasteiger partial charge in [-0.05, 0) is 38.0 Å². The molecule has 0 aliphatic carbocycles. The van der Waals surface area contributed by atoms with Crippen LogP contribution in [0.1, 0.15) is 17.0 Å². The highest BCUT2D eigenvalue weighted by Gasteiger charge is 2.15. The van der Waals surface area contributed by atoms with E-state index in [-0.39, 0.29) is 6.03 Å². The first-order chi connectivity index (χ1) is 12.0. The molecule has 0 saturated heterocycles. The summed E-state index contributed by atoms with van der Waals surface area (Å²) in [7, 11) is 3.72. The molecule has 1 aromatic heterocycles. The second kappa shape index (κ2) is 7.04. The summed E-state index contributed by atoms with van der Waals surface area (Å²) in [4.78, 5) is 14.1. The number of urea groups is 1. The summed E-state index contributed by atoms with van der Waals surface area (Å²) in [6.45, 7) is 5.73. The molecule has 2 heterocycles. The van der Waals surface area contributed by atoms with E-state index in [1.54, 1.807) is 18.0 Å². The number of anilines is 1. The zero-order valence-electron chi connectivity index (χ0n) is 15.1. The number of fused-ring (bicyclic) bond motifs is 1. The third kappa shape index (κ3) is 3.70. The second-order valence-electron chi connectivity index (χ2n) is 6.23. The molecule has 2 amide bonds. The van der Waals surface area contributed by atoms with E-state index in [2.05, 4.69) is 10.4 Å². The van der Waals surface area contributed by atoms with E-state index in [1.165, 1.54) is 5.56 Å². The van der Waals surface area contributed by atoms with Crippen LogP contribution in [0, 0.1) is 13.8 Å². The number of hydrogen-bond donors (Lipinski definition) is 1. The normalized spacial score (nSPS) is 12.8. The van der Waals surface area contributed by atoms with Crippen LogP contribution in [0.4, 0.5) is 10.5 Å². The first-order valence-corrected chi connectivity index (χ1v) is 8.36. The summed E-state index contributed by atoms with van der Waals surface area (Å²) >= 11 is 0. The Bertz CT molecular complexity index is 785. The Hall–Kier alpha value is -2.70. The fraction of sp³-hybridized carbons (Fsp3) is 0.444. The Balaban J connectivity index is 1.59. The number of ether oxygens (including phenoxy) is 2. The van der Waals surface area contributed by atoms with Crippen molar-refractivity contribution in [2.45, 2.75) is 20.3 Å². The molecule has 3 rings (SSSR count). The van der Waals surface area contributed by atoms with E-state index < -0.39 is 0 Å². The van der Waals surface area contributed by atoms with Crippen molar-refractivity contribution in [3.05, 3.63) is 35.2 Å². The zero-order valence-corrected chi connectivity index (χ0v) is 15.1. The zero-order chi connectivity index (χ0) is 18.0. The number of hydrogen-bond acceptors (Lipinski definition) is 4. The number of rotatable bonds is 4. The third-order valence-corrected chi connectivity index (χ3v) is 4.50. The lowest BCUT2D eigenvalue weighted by Gasteiger charge is -2.21. The average molecular weight is 344 g/mol. The highest BCUT2D eigenvalue weighted by molar-refractivity contribution is 5.89. The van der Waals surface area contributed by atoms with Crippen LogP contribution >= 0.6 is 0 Å². The fourth-order valence-corrected chi connectivity index (χ4v) is 2.90. The predicted octanol–water partition coefficient (Wildman–Crippen LogP) is 2.51. The summed E-state index contributed by atoms with van der Waals surface area (Å²) in [5.74, 6) is 1.37. The number of amides is 2. The lowest BCUT2D eigenvalue weighted by molar-refractivity contribution is 0.171. The van der Waals surface area contributed by atoms with Gasteiger partial charge in [0.15, 0.2) is 11.5 Å². The van der Waals surface area contributed by atoms with Crippen molar-refractivity contribution < 1.29 is 14.3 Å². The first-order valence-electron chi connectivity index (χ1n) is 8.36. The maximum absolute atomic E-state index is 12.4. The smallest absolute Gasteiger partial charge is 0.321 e. The van der Waals surface area contributed by atoms with Gasteiger partial charge in [0, 0.05) is 38.1 Å². The Labute approximate surface area is 147 Å². The fourth-order valence-electron chi connectivity index (χ4n) is 2.90. The third-order valence-electron chi connectivity index (χ3n) is 4.50. The van der Waals surface area contributed by atoms with Gasteiger partial charge in [-0.25, -0.2) is 4.79 Å². The van der Waals surface area contributed by atoms with Crippen molar-refractivity contribution in [2.24, 2.45) is 7.05 Å². The van der Waals surface area contributed by atoms with E-state index >= 15 is 0 Å². The number of benzene rings is 1. The molecule has 0 atom stereocenters. The van der Waals surface area contributed by atoms with E-state index in [0.29, 0.717) is 36.9 Å². The van der Waals surface area contributed by atoms with Crippen molar-refractivity contribution in [3.8, 4) is 11.5 Å². The molecular weight excluding hydrogens is 320 g/mol. The predicted molar refractivity (Wildman–Crippen MR) is 95.5 cm³/mol. The maximum atomic E-state index is 12.4. The number of nitrogens with one attached hydrogen (secondary N) is 1. The van der Waals surface area contributed by atoms with Crippen LogP contribution in [-0.2, 0) is 13.5 Å². The van der Waals surface area contributed by atoms with E-state index in [9.17, 15) is 4.79 Å². The van der Waals surface area contributed by atoms with Crippen molar-refractivity contribution in [1.29, 1.82) is 0 Å². The van der Waals surface area contributed by atoms with Gasteiger partial charge in [0.25, 0.3) is 0 Å². The molecule has 0 saturated carbocycles. The van der Waals surface area contributed by atoms with Crippen molar-refractivity contribution in [3.63, 3.8) is 0 Å². The topological polar surface area (TPSA) is 68.6 Å². The van der Waals surface area contributed by atoms with E-state index in [4.69, 9.17) is 9.47 Å². The molecular formula is C18H24N4O3. The number of carbonyl (C=O) groups excluding carboxylic acids is 1. The molecule has 0 unspecified atom stereocenters. The maximum Gasteiger partial charge on any atom is 0.321 e. The number of likely N-dealkylation sites (N-methyl/N-ethyl adjacent to an activating group) is 1. The molecule has 2 aromatic rings. The molecule has 25 heavy (non-hydrogen) atoms. The highest BCUT2D eigenvalue weighted by Crippen LogP contribution is 2.32. The molecule has 0 radical (unpaired) electrons. The Morgan fingerprint density at radius 3 is 2.68 bits per heavy atom. The van der Waals surface area contributed by atoms with Crippen LogP contribution in [0.25, 0.3) is 0 Å². The molecule has 7 heteroatoms. The van der Waals surface area contributed by atoms with Crippen molar-refractivity contribution in [1.82, 2.24) is 14.7 Å². The van der Waals surface area contributed by atoms with E-state index in [0.717, 1.165) is 17.8 Å². The summed E-state index contributed by atoms with van der Waals surface area (Å²) < 4.78 is 12.9. The van der Waals surface area contributed by atoms with Crippen LogP contribution in [0.3, 0.4) is 0 Å². The van der Waals surface area contributed by atoms with Crippen LogP contribution < -0.4 is 14.8 Å². The first kappa shape index (κ1) is 17.1. The minimum atomic E-state index is -0.157. The highest BCUT2D eigenvalue weighted by atomic mass is 16.6. The summed E-state index contributed by atoms with van der Waals surface area (Å²) in [5, 5.41) is 7.31. The number of nitrogens with zero attached hydrogens (tertiary/aromatic N) is 3. The van der Waals surface area contributed by atoms with Gasteiger partial charge in [-0.3, -0.25) is 4.68 Å². The van der Waals surface area contributed by atoms with E-state index in [1.807, 2.05) is 37.7 Å². The standard InChI is InChI=1S/C18H24N4O3/c1-12-15(13(2)22(4)20-12)7-8-21(3)18(23)19-14-5-6-16-17(11-14)25-10-9-24-16/h5-6,11H,7-10H2,1-4H3,(H,19,23). The molecule has 7 nitrogen and oxygen atoms in total. The number of aromatic nitrogens is 2. The molecule has 1 aromatic carbocycles. The summed E-state index contributed by atoms with van der Waals surface area (Å²) in [6.07, 6.45) is 0.774. The lowest BCUT2D eigenvalue weighted by Crippen LogP contribution is -2.33. The molecule has 1 aliphatic heterocycles. The molecule has 0 bridgehead atoms. The minimum Gasteiger partial charge on any atom is -0.486 e. The molecule has 1 aliphatic rings. The van der Waals surface area contributed by atoms with Crippen LogP contribution in [0.2, 0.25) is 0 Å². The molecule has 134 valence electrons. The number of aryl methyl sites for hydroxylation is 2. The summed E-state index contributed by atoms with van der Waals surface area (Å²) in [6, 6.07) is 5.26. The van der Waals surface area contributed by atoms with Gasteiger partial charge in [0.2, 0.25) is 0 Å². The summed E-state index contributed by atoms with van der Waals surface area (Å²) in [5.41, 5.74) is 4.04. The van der Waals surface area contributed by atoms with Gasteiger partial charge in [0.05, 0.1) is 5.69 Å². The average Bonchev–Trinajstić information content (AvgIpc) is 2.84. The van der Waals surface area contributed by atoms with Gasteiger partial charge < -0.3 is 19.7 Å². The van der Waals surface area contributed by atoms with Crippen molar-refractivity contribution in [2.75, 3.05) is 32.1 Å². The largest absolute Gasteiger partial charge is 0.486 e. The van der Waals surface area contributed by atoms with Gasteiger partial charge in [-0.15, -0.1) is 0 Å².